The van der Waals surface area contributed by atoms with Gasteiger partial charge in [-0.2, -0.15) is 0 Å². The predicted molar refractivity (Wildman–Crippen MR) is 105 cm³/mol. The first-order valence-electron chi connectivity index (χ1n) is 9.52. The van der Waals surface area contributed by atoms with E-state index in [0.29, 0.717) is 13.0 Å². The summed E-state index contributed by atoms with van der Waals surface area (Å²) >= 11 is 0. The van der Waals surface area contributed by atoms with Gasteiger partial charge in [0.1, 0.15) is 6.04 Å². The number of hydrogen-bond acceptors (Lipinski definition) is 3. The van der Waals surface area contributed by atoms with Gasteiger partial charge in [0, 0.05) is 25.4 Å². The monoisotopic (exact) mass is 379 g/mol. The van der Waals surface area contributed by atoms with Crippen molar-refractivity contribution in [2.75, 3.05) is 19.6 Å². The second-order valence-electron chi connectivity index (χ2n) is 7.32. The highest BCUT2D eigenvalue weighted by Crippen LogP contribution is 2.31. The summed E-state index contributed by atoms with van der Waals surface area (Å²) in [6, 6.07) is 9.44. The zero-order chi connectivity index (χ0) is 17.6. The van der Waals surface area contributed by atoms with Crippen LogP contribution in [-0.2, 0) is 16.0 Å². The number of halogens is 1. The van der Waals surface area contributed by atoms with Crippen molar-refractivity contribution in [2.45, 2.75) is 44.6 Å². The Balaban J connectivity index is 0.00000243. The molecule has 6 heteroatoms. The number of nitrogens with two attached hydrogens (primary N) is 1. The normalized spacial score (nSPS) is 23.3. The molecule has 2 aliphatic rings. The highest BCUT2D eigenvalue weighted by atomic mass is 35.5. The van der Waals surface area contributed by atoms with Gasteiger partial charge in [-0.05, 0) is 43.7 Å². The SMILES string of the molecule is Cl.NC[C@H]1CCC[C@H]1C(=O)NC(Cc1ccccc1)C(=O)N1CCCC1. The lowest BCUT2D eigenvalue weighted by atomic mass is 9.94. The van der Waals surface area contributed by atoms with Gasteiger partial charge >= 0.3 is 0 Å². The molecule has 1 saturated carbocycles. The van der Waals surface area contributed by atoms with Gasteiger partial charge in [-0.15, -0.1) is 12.4 Å². The molecule has 1 heterocycles. The fourth-order valence-electron chi connectivity index (χ4n) is 4.15. The smallest absolute Gasteiger partial charge is 0.245 e. The van der Waals surface area contributed by atoms with Gasteiger partial charge in [0.15, 0.2) is 0 Å². The Morgan fingerprint density at radius 2 is 1.81 bits per heavy atom. The number of carbonyl (C=O) groups is 2. The van der Waals surface area contributed by atoms with Gasteiger partial charge < -0.3 is 16.0 Å². The maximum atomic E-state index is 12.9. The molecule has 0 bridgehead atoms. The van der Waals surface area contributed by atoms with Crippen molar-refractivity contribution in [3.63, 3.8) is 0 Å². The minimum atomic E-state index is -0.480. The molecular weight excluding hydrogens is 350 g/mol. The molecule has 1 saturated heterocycles. The zero-order valence-corrected chi connectivity index (χ0v) is 16.0. The summed E-state index contributed by atoms with van der Waals surface area (Å²) in [7, 11) is 0. The summed E-state index contributed by atoms with van der Waals surface area (Å²) < 4.78 is 0. The Morgan fingerprint density at radius 1 is 1.12 bits per heavy atom. The second-order valence-corrected chi connectivity index (χ2v) is 7.32. The molecule has 26 heavy (non-hydrogen) atoms. The van der Waals surface area contributed by atoms with Crippen molar-refractivity contribution < 1.29 is 9.59 Å². The Morgan fingerprint density at radius 3 is 2.46 bits per heavy atom. The Bertz CT molecular complexity index is 590. The van der Waals surface area contributed by atoms with E-state index >= 15 is 0 Å². The molecule has 1 aromatic rings. The molecule has 5 nitrogen and oxygen atoms in total. The van der Waals surface area contributed by atoms with Crippen LogP contribution < -0.4 is 11.1 Å². The van der Waals surface area contributed by atoms with E-state index in [9.17, 15) is 9.59 Å². The number of amides is 2. The quantitative estimate of drug-likeness (QED) is 0.795. The van der Waals surface area contributed by atoms with Gasteiger partial charge in [-0.1, -0.05) is 36.8 Å². The molecule has 3 N–H and O–H groups in total. The predicted octanol–water partition coefficient (Wildman–Crippen LogP) is 2.13. The van der Waals surface area contributed by atoms with Crippen LogP contribution in [-0.4, -0.2) is 42.4 Å². The van der Waals surface area contributed by atoms with Gasteiger partial charge in [-0.25, -0.2) is 0 Å². The van der Waals surface area contributed by atoms with E-state index in [4.69, 9.17) is 5.73 Å². The van der Waals surface area contributed by atoms with Crippen molar-refractivity contribution in [3.05, 3.63) is 35.9 Å². The van der Waals surface area contributed by atoms with Gasteiger partial charge in [0.2, 0.25) is 11.8 Å². The first-order chi connectivity index (χ1) is 12.2. The first-order valence-corrected chi connectivity index (χ1v) is 9.52. The molecule has 3 rings (SSSR count). The molecule has 1 aliphatic carbocycles. The third-order valence-electron chi connectivity index (χ3n) is 5.61. The summed E-state index contributed by atoms with van der Waals surface area (Å²) in [5.41, 5.74) is 6.89. The molecule has 0 radical (unpaired) electrons. The van der Waals surface area contributed by atoms with Crippen LogP contribution in [0, 0.1) is 11.8 Å². The van der Waals surface area contributed by atoms with Crippen LogP contribution in [0.25, 0.3) is 0 Å². The van der Waals surface area contributed by atoms with Crippen LogP contribution >= 0.6 is 12.4 Å². The van der Waals surface area contributed by atoms with Crippen LogP contribution in [0.2, 0.25) is 0 Å². The topological polar surface area (TPSA) is 75.4 Å². The fraction of sp³-hybridized carbons (Fsp3) is 0.600. The molecule has 1 unspecified atom stereocenters. The largest absolute Gasteiger partial charge is 0.344 e. The summed E-state index contributed by atoms with van der Waals surface area (Å²) in [6.45, 7) is 2.14. The molecular formula is C20H30ClN3O2. The molecule has 2 amide bonds. The summed E-state index contributed by atoms with van der Waals surface area (Å²) in [6.07, 6.45) is 5.58. The van der Waals surface area contributed by atoms with Gasteiger partial charge in [-0.3, -0.25) is 9.59 Å². The molecule has 0 aromatic heterocycles. The first kappa shape index (κ1) is 20.7. The van der Waals surface area contributed by atoms with E-state index in [1.165, 1.54) is 0 Å². The van der Waals surface area contributed by atoms with E-state index in [0.717, 1.165) is 50.8 Å². The maximum Gasteiger partial charge on any atom is 0.245 e. The van der Waals surface area contributed by atoms with E-state index < -0.39 is 6.04 Å². The van der Waals surface area contributed by atoms with Gasteiger partial charge in [0.05, 0.1) is 0 Å². The second kappa shape index (κ2) is 9.93. The molecule has 1 aromatic carbocycles. The van der Waals surface area contributed by atoms with Crippen LogP contribution in [0.3, 0.4) is 0 Å². The van der Waals surface area contributed by atoms with Crippen molar-refractivity contribution in [2.24, 2.45) is 17.6 Å². The van der Waals surface area contributed by atoms with Crippen LogP contribution in [0.5, 0.6) is 0 Å². The molecule has 144 valence electrons. The summed E-state index contributed by atoms with van der Waals surface area (Å²) in [5.74, 6) is 0.257. The van der Waals surface area contributed by atoms with Crippen LogP contribution in [0.15, 0.2) is 30.3 Å². The lowest BCUT2D eigenvalue weighted by Crippen LogP contribution is -2.51. The number of benzene rings is 1. The number of rotatable bonds is 6. The minimum Gasteiger partial charge on any atom is -0.344 e. The van der Waals surface area contributed by atoms with Crippen LogP contribution in [0.1, 0.15) is 37.7 Å². The fourth-order valence-corrected chi connectivity index (χ4v) is 4.15. The lowest BCUT2D eigenvalue weighted by molar-refractivity contribution is -0.137. The lowest BCUT2D eigenvalue weighted by Gasteiger charge is -2.26. The molecule has 3 atom stereocenters. The Labute approximate surface area is 162 Å². The van der Waals surface area contributed by atoms with Crippen molar-refractivity contribution in [1.82, 2.24) is 10.2 Å². The minimum absolute atomic E-state index is 0. The van der Waals surface area contributed by atoms with Crippen molar-refractivity contribution in [1.29, 1.82) is 0 Å². The average Bonchev–Trinajstić information content (AvgIpc) is 3.32. The van der Waals surface area contributed by atoms with E-state index in [-0.39, 0.29) is 36.1 Å². The summed E-state index contributed by atoms with van der Waals surface area (Å²) in [5, 5.41) is 3.06. The third-order valence-corrected chi connectivity index (χ3v) is 5.61. The standard InChI is InChI=1S/C20H29N3O2.ClH/c21-14-16-9-6-10-17(16)19(24)22-18(13-15-7-2-1-3-8-15)20(25)23-11-4-5-12-23;/h1-3,7-8,16-18H,4-6,9-14,21H2,(H,22,24);1H/t16-,17-,18?;/m1./s1. The zero-order valence-electron chi connectivity index (χ0n) is 15.2. The highest BCUT2D eigenvalue weighted by molar-refractivity contribution is 5.89. The Hall–Kier alpha value is -1.59. The van der Waals surface area contributed by atoms with E-state index in [2.05, 4.69) is 5.32 Å². The molecule has 1 aliphatic heterocycles. The maximum absolute atomic E-state index is 12.9. The Kier molecular flexibility index (Phi) is 7.91. The molecule has 2 fully saturated rings. The van der Waals surface area contributed by atoms with Gasteiger partial charge in [0.25, 0.3) is 0 Å². The number of hydrogen-bond donors (Lipinski definition) is 2. The number of nitrogens with zero attached hydrogens (tertiary/aromatic N) is 1. The molecule has 0 spiro atoms. The van der Waals surface area contributed by atoms with E-state index in [1.807, 2.05) is 35.2 Å². The van der Waals surface area contributed by atoms with E-state index in [1.54, 1.807) is 0 Å². The van der Waals surface area contributed by atoms with Crippen LogP contribution in [0.4, 0.5) is 0 Å². The third kappa shape index (κ3) is 4.98. The summed E-state index contributed by atoms with van der Waals surface area (Å²) in [4.78, 5) is 27.6. The van der Waals surface area contributed by atoms with Crippen molar-refractivity contribution in [3.8, 4) is 0 Å². The average molecular weight is 380 g/mol. The highest BCUT2D eigenvalue weighted by Gasteiger charge is 2.35. The number of likely N-dealkylation sites (tertiary alicyclic amines) is 1. The number of nitrogens with one attached hydrogen (secondary N) is 1. The van der Waals surface area contributed by atoms with Crippen molar-refractivity contribution >= 4 is 24.2 Å². The number of carbonyl (C=O) groups excluding carboxylic acids is 2.